The van der Waals surface area contributed by atoms with Crippen LogP contribution in [0.4, 0.5) is 5.82 Å². The molecule has 0 saturated heterocycles. The molecule has 6 nitrogen and oxygen atoms in total. The third kappa shape index (κ3) is 1.98. The van der Waals surface area contributed by atoms with E-state index in [9.17, 15) is 0 Å². The first-order valence-corrected chi connectivity index (χ1v) is 5.74. The van der Waals surface area contributed by atoms with Gasteiger partial charge in [-0.1, -0.05) is 0 Å². The maximum absolute atomic E-state index is 4.22. The van der Waals surface area contributed by atoms with Crippen molar-refractivity contribution in [2.24, 2.45) is 0 Å². The van der Waals surface area contributed by atoms with E-state index in [0.717, 1.165) is 36.9 Å². The van der Waals surface area contributed by atoms with Crippen molar-refractivity contribution in [1.82, 2.24) is 24.7 Å². The van der Waals surface area contributed by atoms with Crippen molar-refractivity contribution in [3.63, 3.8) is 0 Å². The Balaban J connectivity index is 1.74. The summed E-state index contributed by atoms with van der Waals surface area (Å²) >= 11 is 0. The van der Waals surface area contributed by atoms with Crippen molar-refractivity contribution in [3.8, 4) is 0 Å². The van der Waals surface area contributed by atoms with Gasteiger partial charge in [0.1, 0.15) is 17.5 Å². The second-order valence-electron chi connectivity index (χ2n) is 4.24. The molecule has 2 aromatic heterocycles. The van der Waals surface area contributed by atoms with Gasteiger partial charge in [0.2, 0.25) is 0 Å². The number of fused-ring (bicyclic) bond motifs is 1. The molecule has 0 radical (unpaired) electrons. The van der Waals surface area contributed by atoms with Crippen LogP contribution >= 0.6 is 0 Å². The monoisotopic (exact) mass is 230 g/mol. The van der Waals surface area contributed by atoms with Gasteiger partial charge in [0.05, 0.1) is 6.20 Å². The largest absolute Gasteiger partial charge is 0.364 e. The van der Waals surface area contributed by atoms with Crippen LogP contribution in [0.2, 0.25) is 0 Å². The van der Waals surface area contributed by atoms with Gasteiger partial charge in [-0.05, 0) is 13.3 Å². The summed E-state index contributed by atoms with van der Waals surface area (Å²) in [7, 11) is 0. The van der Waals surface area contributed by atoms with Crippen molar-refractivity contribution in [1.29, 1.82) is 0 Å². The predicted octanol–water partition coefficient (Wildman–Crippen LogP) is 0.803. The maximum Gasteiger partial charge on any atom is 0.144 e. The molecule has 1 unspecified atom stereocenters. The number of nitrogens with zero attached hydrogens (tertiary/aromatic N) is 5. The van der Waals surface area contributed by atoms with Crippen LogP contribution in [0.3, 0.4) is 0 Å². The maximum atomic E-state index is 4.22. The Morgan fingerprint density at radius 1 is 1.35 bits per heavy atom. The third-order valence-corrected chi connectivity index (χ3v) is 3.05. The molecule has 0 amide bonds. The molecular formula is C11H14N6. The van der Waals surface area contributed by atoms with Crippen LogP contribution in [-0.4, -0.2) is 30.8 Å². The zero-order chi connectivity index (χ0) is 11.7. The topological polar surface area (TPSA) is 68.5 Å². The highest BCUT2D eigenvalue weighted by atomic mass is 15.3. The van der Waals surface area contributed by atoms with Crippen LogP contribution in [0.15, 0.2) is 18.6 Å². The molecule has 3 rings (SSSR count). The van der Waals surface area contributed by atoms with Crippen LogP contribution in [0, 0.1) is 6.92 Å². The van der Waals surface area contributed by atoms with Crippen molar-refractivity contribution in [2.45, 2.75) is 32.4 Å². The lowest BCUT2D eigenvalue weighted by molar-refractivity contribution is 0.469. The summed E-state index contributed by atoms with van der Waals surface area (Å²) in [6, 6.07) is 0.369. The first-order chi connectivity index (χ1) is 8.33. The van der Waals surface area contributed by atoms with Gasteiger partial charge in [-0.15, -0.1) is 10.2 Å². The zero-order valence-electron chi connectivity index (χ0n) is 9.67. The highest BCUT2D eigenvalue weighted by Crippen LogP contribution is 2.17. The Hall–Kier alpha value is -1.98. The van der Waals surface area contributed by atoms with E-state index in [0.29, 0.717) is 6.04 Å². The van der Waals surface area contributed by atoms with Gasteiger partial charge in [0.25, 0.3) is 0 Å². The molecule has 0 aliphatic carbocycles. The Bertz CT molecular complexity index is 506. The number of rotatable bonds is 2. The number of anilines is 1. The summed E-state index contributed by atoms with van der Waals surface area (Å²) in [6.45, 7) is 2.88. The van der Waals surface area contributed by atoms with E-state index in [2.05, 4.69) is 30.0 Å². The summed E-state index contributed by atoms with van der Waals surface area (Å²) in [6.07, 6.45) is 7.12. The fourth-order valence-corrected chi connectivity index (χ4v) is 2.16. The van der Waals surface area contributed by atoms with E-state index in [-0.39, 0.29) is 0 Å². The van der Waals surface area contributed by atoms with E-state index >= 15 is 0 Å². The van der Waals surface area contributed by atoms with Crippen molar-refractivity contribution in [3.05, 3.63) is 30.2 Å². The minimum Gasteiger partial charge on any atom is -0.364 e. The minimum absolute atomic E-state index is 0.369. The lowest BCUT2D eigenvalue weighted by Gasteiger charge is -2.25. The number of hydrogen-bond acceptors (Lipinski definition) is 5. The van der Waals surface area contributed by atoms with Gasteiger partial charge >= 0.3 is 0 Å². The summed E-state index contributed by atoms with van der Waals surface area (Å²) in [5.41, 5.74) is 0. The van der Waals surface area contributed by atoms with Gasteiger partial charge < -0.3 is 9.88 Å². The zero-order valence-corrected chi connectivity index (χ0v) is 9.67. The molecule has 0 aromatic carbocycles. The molecule has 3 heterocycles. The number of nitrogens with one attached hydrogen (secondary N) is 1. The second kappa shape index (κ2) is 4.12. The van der Waals surface area contributed by atoms with Gasteiger partial charge in [-0.2, -0.15) is 0 Å². The average Bonchev–Trinajstić information content (AvgIpc) is 2.73. The van der Waals surface area contributed by atoms with Crippen LogP contribution in [-0.2, 0) is 13.0 Å². The molecule has 2 aromatic rings. The minimum atomic E-state index is 0.369. The summed E-state index contributed by atoms with van der Waals surface area (Å²) in [5, 5.41) is 11.6. The molecular weight excluding hydrogens is 216 g/mol. The fraction of sp³-hybridized carbons (Fsp3) is 0.455. The van der Waals surface area contributed by atoms with Crippen molar-refractivity contribution in [2.75, 3.05) is 5.32 Å². The highest BCUT2D eigenvalue weighted by molar-refractivity contribution is 5.31. The molecule has 88 valence electrons. The Morgan fingerprint density at radius 3 is 3.12 bits per heavy atom. The smallest absolute Gasteiger partial charge is 0.144 e. The predicted molar refractivity (Wildman–Crippen MR) is 62.5 cm³/mol. The van der Waals surface area contributed by atoms with Gasteiger partial charge in [-0.25, -0.2) is 4.98 Å². The fourth-order valence-electron chi connectivity index (χ4n) is 2.16. The van der Waals surface area contributed by atoms with Crippen LogP contribution in [0.5, 0.6) is 0 Å². The standard InChI is InChI=1S/C11H14N6/c1-8-15-16-11-3-2-9(7-17(8)11)14-10-6-12-4-5-13-10/h4-6,9H,2-3,7H2,1H3,(H,13,14). The Kier molecular flexibility index (Phi) is 2.47. The summed E-state index contributed by atoms with van der Waals surface area (Å²) < 4.78 is 2.16. The molecule has 1 aliphatic heterocycles. The first-order valence-electron chi connectivity index (χ1n) is 5.74. The van der Waals surface area contributed by atoms with Gasteiger partial charge in [0, 0.05) is 31.4 Å². The molecule has 6 heteroatoms. The third-order valence-electron chi connectivity index (χ3n) is 3.05. The van der Waals surface area contributed by atoms with Crippen LogP contribution < -0.4 is 5.32 Å². The first kappa shape index (κ1) is 10.2. The quantitative estimate of drug-likeness (QED) is 0.826. The number of aryl methyl sites for hydroxylation is 2. The molecule has 17 heavy (non-hydrogen) atoms. The molecule has 1 aliphatic rings. The summed E-state index contributed by atoms with van der Waals surface area (Å²) in [4.78, 5) is 8.27. The van der Waals surface area contributed by atoms with E-state index < -0.39 is 0 Å². The molecule has 1 N–H and O–H groups in total. The Morgan fingerprint density at radius 2 is 2.29 bits per heavy atom. The van der Waals surface area contributed by atoms with E-state index in [1.54, 1.807) is 18.6 Å². The van der Waals surface area contributed by atoms with Crippen molar-refractivity contribution >= 4 is 5.82 Å². The highest BCUT2D eigenvalue weighted by Gasteiger charge is 2.21. The SMILES string of the molecule is Cc1nnc2n1CC(Nc1cnccn1)CC2. The number of aromatic nitrogens is 5. The molecule has 0 bridgehead atoms. The lowest BCUT2D eigenvalue weighted by atomic mass is 10.1. The molecule has 0 saturated carbocycles. The van der Waals surface area contributed by atoms with Crippen LogP contribution in [0.25, 0.3) is 0 Å². The average molecular weight is 230 g/mol. The molecule has 1 atom stereocenters. The van der Waals surface area contributed by atoms with E-state index in [1.165, 1.54) is 0 Å². The normalized spacial score (nSPS) is 18.8. The van der Waals surface area contributed by atoms with Gasteiger partial charge in [0.15, 0.2) is 0 Å². The van der Waals surface area contributed by atoms with Crippen LogP contribution in [0.1, 0.15) is 18.1 Å². The number of hydrogen-bond donors (Lipinski definition) is 1. The van der Waals surface area contributed by atoms with E-state index in [1.807, 2.05) is 6.92 Å². The summed E-state index contributed by atoms with van der Waals surface area (Å²) in [5.74, 6) is 2.89. The molecule has 0 fully saturated rings. The Labute approximate surface area is 99.1 Å². The second-order valence-corrected chi connectivity index (χ2v) is 4.24. The van der Waals surface area contributed by atoms with Gasteiger partial charge in [-0.3, -0.25) is 4.98 Å². The molecule has 0 spiro atoms. The van der Waals surface area contributed by atoms with E-state index in [4.69, 9.17) is 0 Å². The van der Waals surface area contributed by atoms with Crippen molar-refractivity contribution < 1.29 is 0 Å². The lowest BCUT2D eigenvalue weighted by Crippen LogP contribution is -2.32.